The third-order valence-corrected chi connectivity index (χ3v) is 11.0. The molecule has 218 valence electrons. The van der Waals surface area contributed by atoms with Crippen molar-refractivity contribution < 1.29 is 41.4 Å². The first kappa shape index (κ1) is 30.3. The van der Waals surface area contributed by atoms with E-state index < -0.39 is 67.9 Å². The molecule has 2 aromatic carbocycles. The first-order valence-electron chi connectivity index (χ1n) is 12.8. The van der Waals surface area contributed by atoms with Crippen molar-refractivity contribution in [3.63, 3.8) is 0 Å². The van der Waals surface area contributed by atoms with Crippen molar-refractivity contribution >= 4 is 39.0 Å². The second-order valence-electron chi connectivity index (χ2n) is 11.0. The number of rotatable bonds is 9. The molecule has 1 amide bonds. The number of hydrogen-bond donors (Lipinski definition) is 4. The molecule has 2 bridgehead atoms. The van der Waals surface area contributed by atoms with E-state index in [-0.39, 0.29) is 52.4 Å². The summed E-state index contributed by atoms with van der Waals surface area (Å²) in [4.78, 5) is 24.0. The molecule has 3 saturated carbocycles. The minimum atomic E-state index is -4.08. The van der Waals surface area contributed by atoms with Crippen LogP contribution in [0.3, 0.4) is 0 Å². The van der Waals surface area contributed by atoms with E-state index in [2.05, 4.69) is 10.6 Å². The van der Waals surface area contributed by atoms with Gasteiger partial charge in [-0.3, -0.25) is 9.59 Å². The number of anilines is 1. The number of aliphatic hydroxyl groups is 1. The van der Waals surface area contributed by atoms with Crippen LogP contribution in [0.15, 0.2) is 35.2 Å². The summed E-state index contributed by atoms with van der Waals surface area (Å²) >= 11 is 6.23. The summed E-state index contributed by atoms with van der Waals surface area (Å²) in [5.74, 6) is -7.65. The zero-order chi connectivity index (χ0) is 29.7. The fourth-order valence-electron chi connectivity index (χ4n) is 6.12. The highest BCUT2D eigenvalue weighted by molar-refractivity contribution is 7.92. The number of fused-ring (bicyclic) bond motifs is 2. The Hall–Kier alpha value is -2.67. The van der Waals surface area contributed by atoms with Gasteiger partial charge in [0, 0.05) is 29.9 Å². The van der Waals surface area contributed by atoms with Crippen molar-refractivity contribution in [2.75, 3.05) is 11.9 Å². The third-order valence-electron chi connectivity index (χ3n) is 8.31. The van der Waals surface area contributed by atoms with Crippen molar-refractivity contribution in [3.05, 3.63) is 58.4 Å². The summed E-state index contributed by atoms with van der Waals surface area (Å²) in [5, 5.41) is 24.9. The normalized spacial score (nSPS) is 26.7. The number of hydrogen-bond acceptors (Lipinski definition) is 6. The van der Waals surface area contributed by atoms with Crippen LogP contribution >= 0.6 is 11.6 Å². The number of sulfone groups is 1. The zero-order valence-corrected chi connectivity index (χ0v) is 23.5. The molecule has 2 aromatic rings. The van der Waals surface area contributed by atoms with E-state index in [0.29, 0.717) is 12.1 Å². The Bertz CT molecular complexity index is 1420. The molecule has 8 nitrogen and oxygen atoms in total. The minimum absolute atomic E-state index is 0.00950. The highest BCUT2D eigenvalue weighted by Crippen LogP contribution is 2.59. The summed E-state index contributed by atoms with van der Waals surface area (Å²) in [6.45, 7) is 5.42. The van der Waals surface area contributed by atoms with Gasteiger partial charge in [-0.1, -0.05) is 32.4 Å². The fraction of sp³-hybridized carbons (Fsp3) is 0.481. The van der Waals surface area contributed by atoms with Crippen LogP contribution in [0.2, 0.25) is 5.02 Å². The van der Waals surface area contributed by atoms with Gasteiger partial charge in [0.05, 0.1) is 20.8 Å². The maximum absolute atomic E-state index is 13.7. The summed E-state index contributed by atoms with van der Waals surface area (Å²) in [5.41, 5.74) is -1.78. The number of amides is 1. The standard InChI is InChI=1S/C27H30ClF3N2O6S/c1-12(2)24(26(35)36)32-11-27(37)17-9-16(10-18(27)13(17)3)40(38,39)22-6-14(4-5-19(22)28)25(34)33-15-7-20(29)23(31)21(30)8-15/h4-8,12-13,16-18,24,32,37H,9-11H2,1-3H3,(H,33,34)(H,35,36)/t13-,16+,17?,18?,24-,27+/m0/s1. The van der Waals surface area contributed by atoms with Gasteiger partial charge in [0.2, 0.25) is 0 Å². The van der Waals surface area contributed by atoms with Gasteiger partial charge in [0.25, 0.3) is 5.91 Å². The van der Waals surface area contributed by atoms with Gasteiger partial charge in [-0.05, 0) is 54.7 Å². The van der Waals surface area contributed by atoms with E-state index in [0.717, 1.165) is 6.07 Å². The van der Waals surface area contributed by atoms with E-state index in [1.54, 1.807) is 13.8 Å². The number of nitrogens with one attached hydrogen (secondary N) is 2. The van der Waals surface area contributed by atoms with Gasteiger partial charge < -0.3 is 20.8 Å². The van der Waals surface area contributed by atoms with Crippen LogP contribution in [0.4, 0.5) is 18.9 Å². The predicted octanol–water partition coefficient (Wildman–Crippen LogP) is 4.26. The lowest BCUT2D eigenvalue weighted by Crippen LogP contribution is -2.71. The molecule has 0 aliphatic heterocycles. The molecule has 0 saturated heterocycles. The molecule has 3 fully saturated rings. The summed E-state index contributed by atoms with van der Waals surface area (Å²) in [6, 6.07) is 3.85. The number of benzene rings is 2. The fourth-order valence-corrected chi connectivity index (χ4v) is 8.47. The lowest BCUT2D eigenvalue weighted by atomic mass is 9.48. The summed E-state index contributed by atoms with van der Waals surface area (Å²) in [7, 11) is -4.08. The van der Waals surface area contributed by atoms with E-state index in [9.17, 15) is 41.4 Å². The van der Waals surface area contributed by atoms with Gasteiger partial charge in [0.15, 0.2) is 27.3 Å². The molecule has 3 aliphatic rings. The number of halogens is 4. The lowest BCUT2D eigenvalue weighted by Gasteiger charge is -2.63. The van der Waals surface area contributed by atoms with Crippen molar-refractivity contribution in [2.24, 2.45) is 23.7 Å². The highest BCUT2D eigenvalue weighted by Gasteiger charge is 2.64. The molecule has 0 spiro atoms. The number of carbonyl (C=O) groups excluding carboxylic acids is 1. The van der Waals surface area contributed by atoms with Crippen LogP contribution in [0.5, 0.6) is 0 Å². The van der Waals surface area contributed by atoms with Crippen LogP contribution in [-0.2, 0) is 14.6 Å². The molecule has 0 aromatic heterocycles. The maximum Gasteiger partial charge on any atom is 0.320 e. The monoisotopic (exact) mass is 602 g/mol. The number of carbonyl (C=O) groups is 2. The van der Waals surface area contributed by atoms with Crippen LogP contribution in [0.25, 0.3) is 0 Å². The Morgan fingerprint density at radius 1 is 1.10 bits per heavy atom. The van der Waals surface area contributed by atoms with Gasteiger partial charge >= 0.3 is 5.97 Å². The molecule has 0 radical (unpaired) electrons. The predicted molar refractivity (Wildman–Crippen MR) is 141 cm³/mol. The van der Waals surface area contributed by atoms with Crippen molar-refractivity contribution in [3.8, 4) is 0 Å². The average Bonchev–Trinajstić information content (AvgIpc) is 2.87. The molecule has 2 unspecified atom stereocenters. The molecule has 40 heavy (non-hydrogen) atoms. The third kappa shape index (κ3) is 5.34. The zero-order valence-electron chi connectivity index (χ0n) is 21.9. The second kappa shape index (κ2) is 11.0. The molecule has 4 N–H and O–H groups in total. The number of aliphatic carboxylic acids is 1. The lowest BCUT2D eigenvalue weighted by molar-refractivity contribution is -0.214. The van der Waals surface area contributed by atoms with Crippen LogP contribution in [-0.4, -0.2) is 53.9 Å². The average molecular weight is 603 g/mol. The molecule has 13 heteroatoms. The Balaban J connectivity index is 1.52. The van der Waals surface area contributed by atoms with Crippen LogP contribution in [0, 0.1) is 41.1 Å². The molecule has 0 heterocycles. The summed E-state index contributed by atoms with van der Waals surface area (Å²) in [6.07, 6.45) is 0.219. The first-order valence-corrected chi connectivity index (χ1v) is 14.7. The van der Waals surface area contributed by atoms with E-state index in [1.807, 2.05) is 6.92 Å². The van der Waals surface area contributed by atoms with Crippen molar-refractivity contribution in [1.82, 2.24) is 5.32 Å². The molecular weight excluding hydrogens is 573 g/mol. The quantitative estimate of drug-likeness (QED) is 0.315. The highest BCUT2D eigenvalue weighted by atomic mass is 35.5. The molecular formula is C27H30ClF3N2O6S. The van der Waals surface area contributed by atoms with Crippen LogP contribution < -0.4 is 10.6 Å². The smallest absolute Gasteiger partial charge is 0.320 e. The topological polar surface area (TPSA) is 133 Å². The summed E-state index contributed by atoms with van der Waals surface area (Å²) < 4.78 is 67.6. The van der Waals surface area contributed by atoms with Crippen molar-refractivity contribution in [2.45, 2.75) is 55.4 Å². The van der Waals surface area contributed by atoms with Gasteiger partial charge in [0.1, 0.15) is 6.04 Å². The molecule has 5 rings (SSSR count). The van der Waals surface area contributed by atoms with E-state index in [1.165, 1.54) is 12.1 Å². The Labute approximate surface area is 234 Å². The molecule has 3 atom stereocenters. The number of carboxylic acids is 1. The molecule has 3 aliphatic carbocycles. The van der Waals surface area contributed by atoms with Gasteiger partial charge in [-0.15, -0.1) is 0 Å². The van der Waals surface area contributed by atoms with E-state index >= 15 is 0 Å². The first-order chi connectivity index (χ1) is 18.6. The SMILES string of the molecule is CC(C)[C@H](NC[C@]1(O)C2C[C@H](S(=O)(=O)c3cc(C(=O)Nc4cc(F)c(F)c(F)c4)ccc3Cl)CC1[C@@H]2C)C(=O)O. The Morgan fingerprint density at radius 3 is 2.20 bits per heavy atom. The number of carboxylic acid groups (broad SMARTS) is 1. The van der Waals surface area contributed by atoms with Gasteiger partial charge in [-0.2, -0.15) is 0 Å². The minimum Gasteiger partial charge on any atom is -0.480 e. The van der Waals surface area contributed by atoms with Crippen LogP contribution in [0.1, 0.15) is 44.0 Å². The Kier molecular flexibility index (Phi) is 8.30. The largest absolute Gasteiger partial charge is 0.480 e. The second-order valence-corrected chi connectivity index (χ2v) is 13.6. The Morgan fingerprint density at radius 2 is 1.68 bits per heavy atom. The van der Waals surface area contributed by atoms with E-state index in [4.69, 9.17) is 11.6 Å². The maximum atomic E-state index is 13.7. The van der Waals surface area contributed by atoms with Gasteiger partial charge in [-0.25, -0.2) is 21.6 Å². The van der Waals surface area contributed by atoms with Crippen molar-refractivity contribution in [1.29, 1.82) is 0 Å².